The summed E-state index contributed by atoms with van der Waals surface area (Å²) in [6.45, 7) is 1.89. The topological polar surface area (TPSA) is 54.6 Å². The van der Waals surface area contributed by atoms with Crippen molar-refractivity contribution in [2.24, 2.45) is 0 Å². The Morgan fingerprint density at radius 1 is 1.53 bits per heavy atom. The van der Waals surface area contributed by atoms with Crippen molar-refractivity contribution in [2.45, 2.75) is 19.3 Å². The summed E-state index contributed by atoms with van der Waals surface area (Å²) in [5, 5.41) is 12.9. The Kier molecular flexibility index (Phi) is 2.41. The largest absolute Gasteiger partial charge is 0.481 e. The van der Waals surface area contributed by atoms with Crippen molar-refractivity contribution in [3.63, 3.8) is 0 Å². The molecule has 78 valence electrons. The van der Waals surface area contributed by atoms with Gasteiger partial charge in [0.2, 0.25) is 0 Å². The molecular formula is C11H12N2O2. The quantitative estimate of drug-likeness (QED) is 0.830. The van der Waals surface area contributed by atoms with Gasteiger partial charge < -0.3 is 5.11 Å². The van der Waals surface area contributed by atoms with Crippen LogP contribution in [0.15, 0.2) is 30.5 Å². The lowest BCUT2D eigenvalue weighted by Crippen LogP contribution is -2.07. The van der Waals surface area contributed by atoms with Crippen LogP contribution in [0.2, 0.25) is 0 Å². The number of nitrogens with zero attached hydrogens (tertiary/aromatic N) is 2. The fraction of sp³-hybridized carbons (Fsp3) is 0.273. The van der Waals surface area contributed by atoms with Gasteiger partial charge in [-0.2, -0.15) is 5.10 Å². The summed E-state index contributed by atoms with van der Waals surface area (Å²) < 4.78 is 1.79. The van der Waals surface area contributed by atoms with Gasteiger partial charge in [0, 0.05) is 17.8 Å². The SMILES string of the molecule is CC(CC(=O)O)c1cccc2ccnn12. The van der Waals surface area contributed by atoms with E-state index in [0.717, 1.165) is 11.2 Å². The van der Waals surface area contributed by atoms with Gasteiger partial charge in [-0.15, -0.1) is 0 Å². The molecule has 2 heterocycles. The van der Waals surface area contributed by atoms with E-state index in [4.69, 9.17) is 5.11 Å². The zero-order valence-corrected chi connectivity index (χ0v) is 8.42. The lowest BCUT2D eigenvalue weighted by molar-refractivity contribution is -0.137. The second kappa shape index (κ2) is 3.73. The number of aliphatic carboxylic acids is 1. The van der Waals surface area contributed by atoms with Crippen LogP contribution in [0.1, 0.15) is 25.0 Å². The Labute approximate surface area is 87.2 Å². The third kappa shape index (κ3) is 1.83. The second-order valence-electron chi connectivity index (χ2n) is 3.62. The molecule has 0 radical (unpaired) electrons. The molecule has 0 saturated heterocycles. The molecule has 0 aromatic carbocycles. The minimum atomic E-state index is -0.786. The van der Waals surface area contributed by atoms with Crippen LogP contribution in [0.5, 0.6) is 0 Å². The Bertz CT molecular complexity index is 490. The lowest BCUT2D eigenvalue weighted by atomic mass is 10.0. The van der Waals surface area contributed by atoms with Crippen molar-refractivity contribution in [2.75, 3.05) is 0 Å². The first-order valence-corrected chi connectivity index (χ1v) is 4.83. The molecule has 0 bridgehead atoms. The van der Waals surface area contributed by atoms with Crippen molar-refractivity contribution in [1.29, 1.82) is 0 Å². The molecule has 1 N–H and O–H groups in total. The Hall–Kier alpha value is -1.84. The Morgan fingerprint density at radius 2 is 2.33 bits per heavy atom. The predicted octanol–water partition coefficient (Wildman–Crippen LogP) is 1.91. The number of rotatable bonds is 3. The fourth-order valence-electron chi connectivity index (χ4n) is 1.71. The van der Waals surface area contributed by atoms with E-state index in [1.54, 1.807) is 10.7 Å². The highest BCUT2D eigenvalue weighted by Gasteiger charge is 2.13. The van der Waals surface area contributed by atoms with E-state index in [1.807, 2.05) is 31.2 Å². The highest BCUT2D eigenvalue weighted by molar-refractivity contribution is 5.67. The lowest BCUT2D eigenvalue weighted by Gasteiger charge is -2.10. The van der Waals surface area contributed by atoms with Crippen LogP contribution < -0.4 is 0 Å². The van der Waals surface area contributed by atoms with Gasteiger partial charge in [0.05, 0.1) is 11.9 Å². The van der Waals surface area contributed by atoms with E-state index in [2.05, 4.69) is 5.10 Å². The summed E-state index contributed by atoms with van der Waals surface area (Å²) in [6, 6.07) is 7.68. The van der Waals surface area contributed by atoms with Crippen LogP contribution in [-0.2, 0) is 4.79 Å². The monoisotopic (exact) mass is 204 g/mol. The number of carboxylic acids is 1. The van der Waals surface area contributed by atoms with E-state index < -0.39 is 5.97 Å². The molecule has 4 heteroatoms. The van der Waals surface area contributed by atoms with E-state index in [1.165, 1.54) is 0 Å². The molecule has 4 nitrogen and oxygen atoms in total. The number of fused-ring (bicyclic) bond motifs is 1. The number of hydrogen-bond donors (Lipinski definition) is 1. The highest BCUT2D eigenvalue weighted by atomic mass is 16.4. The maximum Gasteiger partial charge on any atom is 0.304 e. The second-order valence-corrected chi connectivity index (χ2v) is 3.62. The predicted molar refractivity (Wildman–Crippen MR) is 55.9 cm³/mol. The first-order valence-electron chi connectivity index (χ1n) is 4.83. The van der Waals surface area contributed by atoms with Crippen LogP contribution >= 0.6 is 0 Å². The molecule has 1 unspecified atom stereocenters. The van der Waals surface area contributed by atoms with Gasteiger partial charge in [0.1, 0.15) is 0 Å². The molecule has 1 atom stereocenters. The maximum atomic E-state index is 10.6. The number of aromatic nitrogens is 2. The van der Waals surface area contributed by atoms with Crippen LogP contribution in [0.4, 0.5) is 0 Å². The van der Waals surface area contributed by atoms with E-state index >= 15 is 0 Å². The maximum absolute atomic E-state index is 10.6. The van der Waals surface area contributed by atoms with Crippen LogP contribution in [0, 0.1) is 0 Å². The fourth-order valence-corrected chi connectivity index (χ4v) is 1.71. The molecule has 0 amide bonds. The van der Waals surface area contributed by atoms with E-state index in [-0.39, 0.29) is 12.3 Å². The summed E-state index contributed by atoms with van der Waals surface area (Å²) in [5.74, 6) is -0.822. The van der Waals surface area contributed by atoms with E-state index in [0.29, 0.717) is 0 Å². The van der Waals surface area contributed by atoms with Crippen LogP contribution in [0.25, 0.3) is 5.52 Å². The van der Waals surface area contributed by atoms with Gasteiger partial charge in [-0.25, -0.2) is 4.52 Å². The molecular weight excluding hydrogens is 192 g/mol. The first kappa shape index (κ1) is 9.71. The minimum absolute atomic E-state index is 0.0360. The molecule has 2 rings (SSSR count). The minimum Gasteiger partial charge on any atom is -0.481 e. The molecule has 0 saturated carbocycles. The van der Waals surface area contributed by atoms with Gasteiger partial charge in [0.15, 0.2) is 0 Å². The third-order valence-electron chi connectivity index (χ3n) is 2.44. The number of pyridine rings is 1. The number of hydrogen-bond acceptors (Lipinski definition) is 2. The summed E-state index contributed by atoms with van der Waals surface area (Å²) >= 11 is 0. The highest BCUT2D eigenvalue weighted by Crippen LogP contribution is 2.19. The average molecular weight is 204 g/mol. The third-order valence-corrected chi connectivity index (χ3v) is 2.44. The van der Waals surface area contributed by atoms with Gasteiger partial charge in [0.25, 0.3) is 0 Å². The van der Waals surface area contributed by atoms with Crippen LogP contribution in [0.3, 0.4) is 0 Å². The van der Waals surface area contributed by atoms with Crippen molar-refractivity contribution >= 4 is 11.5 Å². The zero-order chi connectivity index (χ0) is 10.8. The molecule has 2 aromatic rings. The van der Waals surface area contributed by atoms with Crippen molar-refractivity contribution in [1.82, 2.24) is 9.61 Å². The van der Waals surface area contributed by atoms with Crippen molar-refractivity contribution in [3.05, 3.63) is 36.2 Å². The summed E-state index contributed by atoms with van der Waals surface area (Å²) in [5.41, 5.74) is 1.92. The molecule has 2 aromatic heterocycles. The van der Waals surface area contributed by atoms with Gasteiger partial charge >= 0.3 is 5.97 Å². The summed E-state index contributed by atoms with van der Waals surface area (Å²) in [4.78, 5) is 10.6. The summed E-state index contributed by atoms with van der Waals surface area (Å²) in [6.07, 6.45) is 1.84. The Balaban J connectivity index is 2.42. The van der Waals surface area contributed by atoms with Gasteiger partial charge in [-0.3, -0.25) is 4.79 Å². The standard InChI is InChI=1S/C11H12N2O2/c1-8(7-11(14)15)10-4-2-3-9-5-6-12-13(9)10/h2-6,8H,7H2,1H3,(H,14,15). The Morgan fingerprint density at radius 3 is 3.07 bits per heavy atom. The van der Waals surface area contributed by atoms with Crippen molar-refractivity contribution < 1.29 is 9.90 Å². The molecule has 0 fully saturated rings. The molecule has 0 aliphatic rings. The average Bonchev–Trinajstić information content (AvgIpc) is 2.63. The first-order chi connectivity index (χ1) is 7.18. The molecule has 15 heavy (non-hydrogen) atoms. The van der Waals surface area contributed by atoms with Gasteiger partial charge in [-0.05, 0) is 18.2 Å². The normalized spacial score (nSPS) is 12.9. The molecule has 0 aliphatic heterocycles. The van der Waals surface area contributed by atoms with Crippen LogP contribution in [-0.4, -0.2) is 20.7 Å². The smallest absolute Gasteiger partial charge is 0.304 e. The molecule has 0 spiro atoms. The molecule has 0 aliphatic carbocycles. The summed E-state index contributed by atoms with van der Waals surface area (Å²) in [7, 11) is 0. The van der Waals surface area contributed by atoms with Crippen molar-refractivity contribution in [3.8, 4) is 0 Å². The number of carbonyl (C=O) groups is 1. The zero-order valence-electron chi connectivity index (χ0n) is 8.42. The van der Waals surface area contributed by atoms with Gasteiger partial charge in [-0.1, -0.05) is 13.0 Å². The number of carboxylic acid groups (broad SMARTS) is 1. The van der Waals surface area contributed by atoms with E-state index in [9.17, 15) is 4.79 Å².